The van der Waals surface area contributed by atoms with Gasteiger partial charge in [-0.25, -0.2) is 0 Å². The van der Waals surface area contributed by atoms with Crippen LogP contribution < -0.4 is 10.5 Å². The molecule has 0 heterocycles. The van der Waals surface area contributed by atoms with E-state index in [1.54, 1.807) is 6.07 Å². The van der Waals surface area contributed by atoms with Crippen LogP contribution in [0.3, 0.4) is 0 Å². The van der Waals surface area contributed by atoms with Crippen LogP contribution in [0.5, 0.6) is 5.75 Å². The van der Waals surface area contributed by atoms with Gasteiger partial charge < -0.3 is 15.2 Å². The molecule has 3 nitrogen and oxygen atoms in total. The largest absolute Gasteiger partial charge is 0.491 e. The highest BCUT2D eigenvalue weighted by Crippen LogP contribution is 2.27. The quantitative estimate of drug-likeness (QED) is 0.796. The van der Waals surface area contributed by atoms with E-state index in [9.17, 15) is 0 Å². The van der Waals surface area contributed by atoms with Gasteiger partial charge >= 0.3 is 0 Å². The lowest BCUT2D eigenvalue weighted by molar-refractivity contribution is 0.0550. The standard InChI is InChI=1S/C13H20ClNO2/c1-9(2)16-6-7-17-13-5-4-11(14)8-12(13)10(3)15/h4-5,8-10H,6-7,15H2,1-3H3/t10-/m1/s1. The fraction of sp³-hybridized carbons (Fsp3) is 0.538. The van der Waals surface area contributed by atoms with Crippen LogP contribution in [0, 0.1) is 0 Å². The number of rotatable bonds is 6. The summed E-state index contributed by atoms with van der Waals surface area (Å²) >= 11 is 5.93. The highest BCUT2D eigenvalue weighted by atomic mass is 35.5. The van der Waals surface area contributed by atoms with Crippen molar-refractivity contribution in [2.45, 2.75) is 32.9 Å². The van der Waals surface area contributed by atoms with E-state index in [0.29, 0.717) is 18.2 Å². The van der Waals surface area contributed by atoms with Gasteiger partial charge in [-0.2, -0.15) is 0 Å². The predicted molar refractivity (Wildman–Crippen MR) is 70.6 cm³/mol. The Morgan fingerprint density at radius 1 is 1.24 bits per heavy atom. The first-order valence-corrected chi connectivity index (χ1v) is 6.18. The SMILES string of the molecule is CC(C)OCCOc1ccc(Cl)cc1[C@@H](C)N. The van der Waals surface area contributed by atoms with Gasteiger partial charge in [0.15, 0.2) is 0 Å². The highest BCUT2D eigenvalue weighted by Gasteiger charge is 2.08. The number of benzene rings is 1. The van der Waals surface area contributed by atoms with E-state index < -0.39 is 0 Å². The Morgan fingerprint density at radius 3 is 2.53 bits per heavy atom. The molecule has 0 aliphatic heterocycles. The molecule has 2 N–H and O–H groups in total. The van der Waals surface area contributed by atoms with Crippen molar-refractivity contribution in [2.24, 2.45) is 5.73 Å². The van der Waals surface area contributed by atoms with E-state index in [1.807, 2.05) is 32.9 Å². The molecule has 0 unspecified atom stereocenters. The maximum Gasteiger partial charge on any atom is 0.124 e. The summed E-state index contributed by atoms with van der Waals surface area (Å²) in [4.78, 5) is 0. The minimum Gasteiger partial charge on any atom is -0.491 e. The van der Waals surface area contributed by atoms with Gasteiger partial charge in [0.05, 0.1) is 12.7 Å². The van der Waals surface area contributed by atoms with Crippen LogP contribution in [-0.4, -0.2) is 19.3 Å². The first-order valence-electron chi connectivity index (χ1n) is 5.80. The summed E-state index contributed by atoms with van der Waals surface area (Å²) in [6, 6.07) is 5.38. The predicted octanol–water partition coefficient (Wildman–Crippen LogP) is 3.16. The molecule has 0 saturated carbocycles. The molecule has 0 bridgehead atoms. The molecule has 0 radical (unpaired) electrons. The number of hydrogen-bond donors (Lipinski definition) is 1. The van der Waals surface area contributed by atoms with Crippen molar-refractivity contribution in [3.8, 4) is 5.75 Å². The zero-order chi connectivity index (χ0) is 12.8. The van der Waals surface area contributed by atoms with Gasteiger partial charge in [0.1, 0.15) is 12.4 Å². The number of halogens is 1. The Morgan fingerprint density at radius 2 is 1.94 bits per heavy atom. The topological polar surface area (TPSA) is 44.5 Å². The van der Waals surface area contributed by atoms with Crippen molar-refractivity contribution in [3.05, 3.63) is 28.8 Å². The van der Waals surface area contributed by atoms with Gasteiger partial charge in [0.2, 0.25) is 0 Å². The van der Waals surface area contributed by atoms with E-state index in [0.717, 1.165) is 11.3 Å². The molecule has 1 atom stereocenters. The van der Waals surface area contributed by atoms with Gasteiger partial charge in [-0.1, -0.05) is 11.6 Å². The summed E-state index contributed by atoms with van der Waals surface area (Å²) in [5, 5.41) is 0.670. The molecular formula is C13H20ClNO2. The first kappa shape index (κ1) is 14.3. The average Bonchev–Trinajstić information content (AvgIpc) is 2.25. The second kappa shape index (κ2) is 6.84. The van der Waals surface area contributed by atoms with Gasteiger partial charge in [-0.05, 0) is 39.0 Å². The Bertz CT molecular complexity index is 353. The van der Waals surface area contributed by atoms with Crippen molar-refractivity contribution in [3.63, 3.8) is 0 Å². The average molecular weight is 258 g/mol. The van der Waals surface area contributed by atoms with E-state index in [1.165, 1.54) is 0 Å². The molecule has 0 amide bonds. The van der Waals surface area contributed by atoms with Gasteiger partial charge in [0.25, 0.3) is 0 Å². The summed E-state index contributed by atoms with van der Waals surface area (Å²) in [5.74, 6) is 0.775. The smallest absolute Gasteiger partial charge is 0.124 e. The van der Waals surface area contributed by atoms with E-state index >= 15 is 0 Å². The summed E-state index contributed by atoms with van der Waals surface area (Å²) in [6.45, 7) is 6.98. The fourth-order valence-electron chi connectivity index (χ4n) is 1.44. The molecule has 0 fully saturated rings. The van der Waals surface area contributed by atoms with Crippen molar-refractivity contribution >= 4 is 11.6 Å². The van der Waals surface area contributed by atoms with Gasteiger partial charge in [-0.3, -0.25) is 0 Å². The monoisotopic (exact) mass is 257 g/mol. The third kappa shape index (κ3) is 4.94. The molecule has 0 aromatic heterocycles. The van der Waals surface area contributed by atoms with Gasteiger partial charge in [-0.15, -0.1) is 0 Å². The minimum atomic E-state index is -0.102. The second-order valence-corrected chi connectivity index (χ2v) is 4.68. The Hall–Kier alpha value is -0.770. The summed E-state index contributed by atoms with van der Waals surface area (Å²) in [6.07, 6.45) is 0.219. The number of nitrogens with two attached hydrogens (primary N) is 1. The Balaban J connectivity index is 2.58. The fourth-order valence-corrected chi connectivity index (χ4v) is 1.62. The minimum absolute atomic E-state index is 0.102. The summed E-state index contributed by atoms with van der Waals surface area (Å²) < 4.78 is 11.0. The van der Waals surface area contributed by atoms with Crippen LogP contribution in [0.25, 0.3) is 0 Å². The molecule has 0 spiro atoms. The molecule has 1 rings (SSSR count). The summed E-state index contributed by atoms with van der Waals surface area (Å²) in [5.41, 5.74) is 6.78. The Labute approximate surface area is 108 Å². The molecule has 0 saturated heterocycles. The molecule has 1 aromatic carbocycles. The van der Waals surface area contributed by atoms with E-state index in [2.05, 4.69) is 0 Å². The van der Waals surface area contributed by atoms with E-state index in [4.69, 9.17) is 26.8 Å². The number of ether oxygens (including phenoxy) is 2. The molecule has 0 aliphatic rings. The highest BCUT2D eigenvalue weighted by molar-refractivity contribution is 6.30. The Kier molecular flexibility index (Phi) is 5.75. The van der Waals surface area contributed by atoms with E-state index in [-0.39, 0.29) is 12.1 Å². The third-order valence-corrected chi connectivity index (χ3v) is 2.49. The molecule has 17 heavy (non-hydrogen) atoms. The van der Waals surface area contributed by atoms with Crippen molar-refractivity contribution in [1.29, 1.82) is 0 Å². The lowest BCUT2D eigenvalue weighted by atomic mass is 10.1. The number of hydrogen-bond acceptors (Lipinski definition) is 3. The molecule has 1 aromatic rings. The summed E-state index contributed by atoms with van der Waals surface area (Å²) in [7, 11) is 0. The van der Waals surface area contributed by atoms with Crippen LogP contribution in [-0.2, 0) is 4.74 Å². The third-order valence-electron chi connectivity index (χ3n) is 2.25. The second-order valence-electron chi connectivity index (χ2n) is 4.24. The van der Waals surface area contributed by atoms with Crippen molar-refractivity contribution in [2.75, 3.05) is 13.2 Å². The lowest BCUT2D eigenvalue weighted by Gasteiger charge is -2.15. The molecule has 4 heteroatoms. The molecule has 0 aliphatic carbocycles. The van der Waals surface area contributed by atoms with Crippen LogP contribution in [0.15, 0.2) is 18.2 Å². The van der Waals surface area contributed by atoms with Crippen molar-refractivity contribution < 1.29 is 9.47 Å². The zero-order valence-electron chi connectivity index (χ0n) is 10.6. The lowest BCUT2D eigenvalue weighted by Crippen LogP contribution is -2.13. The van der Waals surface area contributed by atoms with Crippen LogP contribution in [0.4, 0.5) is 0 Å². The van der Waals surface area contributed by atoms with Crippen LogP contribution in [0.2, 0.25) is 5.02 Å². The molecule has 96 valence electrons. The van der Waals surface area contributed by atoms with Crippen LogP contribution in [0.1, 0.15) is 32.4 Å². The normalized spacial score (nSPS) is 12.8. The zero-order valence-corrected chi connectivity index (χ0v) is 11.3. The maximum atomic E-state index is 5.93. The van der Waals surface area contributed by atoms with Crippen LogP contribution >= 0.6 is 11.6 Å². The first-order chi connectivity index (χ1) is 8.00. The van der Waals surface area contributed by atoms with Crippen molar-refractivity contribution in [1.82, 2.24) is 0 Å². The maximum absolute atomic E-state index is 5.93. The van der Waals surface area contributed by atoms with Gasteiger partial charge in [0, 0.05) is 16.6 Å². The molecular weight excluding hydrogens is 238 g/mol.